The van der Waals surface area contributed by atoms with Crippen molar-refractivity contribution in [1.29, 1.82) is 5.26 Å². The third-order valence-electron chi connectivity index (χ3n) is 4.22. The number of carbonyl (C=O) groups excluding carboxylic acids is 3. The topological polar surface area (TPSA) is 81.5 Å². The highest BCUT2D eigenvalue weighted by molar-refractivity contribution is 8.18. The van der Waals surface area contributed by atoms with Gasteiger partial charge in [-0.1, -0.05) is 24.3 Å². The predicted molar refractivity (Wildman–Crippen MR) is 109 cm³/mol. The highest BCUT2D eigenvalue weighted by Gasteiger charge is 2.36. The van der Waals surface area contributed by atoms with Crippen LogP contribution in [0.5, 0.6) is 0 Å². The second kappa shape index (κ2) is 8.11. The van der Waals surface area contributed by atoms with Crippen LogP contribution in [0.2, 0.25) is 0 Å². The standard InChI is InChI=1S/C21H17N3O3S/c1-23(2)17-9-5-14(6-10-17)11-19-20(26)24(21(27)28-19)13-18(25)16-7-3-15(12-22)4-8-16/h3-11H,13H2,1-2H3. The van der Waals surface area contributed by atoms with Crippen molar-refractivity contribution < 1.29 is 14.4 Å². The largest absolute Gasteiger partial charge is 0.378 e. The van der Waals surface area contributed by atoms with Gasteiger partial charge in [-0.05, 0) is 47.7 Å². The van der Waals surface area contributed by atoms with Crippen molar-refractivity contribution in [2.75, 3.05) is 25.5 Å². The molecule has 0 radical (unpaired) electrons. The van der Waals surface area contributed by atoms with Crippen molar-refractivity contribution in [2.45, 2.75) is 0 Å². The lowest BCUT2D eigenvalue weighted by Gasteiger charge is -2.12. The molecule has 2 aromatic rings. The summed E-state index contributed by atoms with van der Waals surface area (Å²) in [5, 5.41) is 8.35. The number of carbonyl (C=O) groups is 3. The van der Waals surface area contributed by atoms with Crippen molar-refractivity contribution in [3.63, 3.8) is 0 Å². The second-order valence-electron chi connectivity index (χ2n) is 6.37. The summed E-state index contributed by atoms with van der Waals surface area (Å²) in [4.78, 5) is 40.4. The lowest BCUT2D eigenvalue weighted by Crippen LogP contribution is -2.33. The molecule has 2 amide bonds. The molecule has 0 unspecified atom stereocenters. The average molecular weight is 391 g/mol. The molecule has 6 nitrogen and oxygen atoms in total. The Labute approximate surface area is 167 Å². The molecule has 0 N–H and O–H groups in total. The molecule has 2 aromatic carbocycles. The van der Waals surface area contributed by atoms with Gasteiger partial charge in [-0.15, -0.1) is 0 Å². The van der Waals surface area contributed by atoms with E-state index in [4.69, 9.17) is 5.26 Å². The first-order valence-corrected chi connectivity index (χ1v) is 9.27. The van der Waals surface area contributed by atoms with Gasteiger partial charge in [0.2, 0.25) is 0 Å². The van der Waals surface area contributed by atoms with Crippen LogP contribution in [0.4, 0.5) is 10.5 Å². The van der Waals surface area contributed by atoms with Gasteiger partial charge in [0.05, 0.1) is 23.1 Å². The molecule has 1 fully saturated rings. The summed E-state index contributed by atoms with van der Waals surface area (Å²) in [7, 11) is 3.87. The minimum Gasteiger partial charge on any atom is -0.378 e. The van der Waals surface area contributed by atoms with E-state index in [0.717, 1.165) is 27.9 Å². The molecular formula is C21H17N3O3S. The van der Waals surface area contributed by atoms with Gasteiger partial charge in [-0.2, -0.15) is 5.26 Å². The van der Waals surface area contributed by atoms with Crippen molar-refractivity contribution in [3.8, 4) is 6.07 Å². The molecule has 1 aliphatic rings. The van der Waals surface area contributed by atoms with Crippen LogP contribution in [0, 0.1) is 11.3 Å². The maximum atomic E-state index is 12.6. The number of hydrogen-bond donors (Lipinski definition) is 0. The zero-order valence-electron chi connectivity index (χ0n) is 15.4. The Morgan fingerprint density at radius 2 is 1.75 bits per heavy atom. The number of Topliss-reactive ketones (excluding diaryl/α,β-unsaturated/α-hetero) is 1. The molecule has 0 atom stereocenters. The van der Waals surface area contributed by atoms with Crippen LogP contribution >= 0.6 is 11.8 Å². The van der Waals surface area contributed by atoms with Crippen molar-refractivity contribution in [3.05, 3.63) is 70.1 Å². The Bertz CT molecular complexity index is 1000. The first kappa shape index (κ1) is 19.4. The third-order valence-corrected chi connectivity index (χ3v) is 5.13. The van der Waals surface area contributed by atoms with E-state index in [-0.39, 0.29) is 17.2 Å². The van der Waals surface area contributed by atoms with E-state index in [1.54, 1.807) is 6.08 Å². The van der Waals surface area contributed by atoms with Gasteiger partial charge in [0, 0.05) is 25.3 Å². The fourth-order valence-electron chi connectivity index (χ4n) is 2.62. The maximum absolute atomic E-state index is 12.6. The molecule has 1 heterocycles. The van der Waals surface area contributed by atoms with Crippen molar-refractivity contribution in [1.82, 2.24) is 4.90 Å². The first-order valence-electron chi connectivity index (χ1n) is 8.45. The molecule has 1 aliphatic heterocycles. The normalized spacial score (nSPS) is 15.0. The molecule has 28 heavy (non-hydrogen) atoms. The number of amides is 2. The predicted octanol–water partition coefficient (Wildman–Crippen LogP) is 3.54. The molecule has 0 aliphatic carbocycles. The van der Waals surface area contributed by atoms with Crippen LogP contribution in [0.1, 0.15) is 21.5 Å². The molecular weight excluding hydrogens is 374 g/mol. The van der Waals surface area contributed by atoms with Gasteiger partial charge in [-0.3, -0.25) is 19.3 Å². The van der Waals surface area contributed by atoms with Crippen LogP contribution in [-0.4, -0.2) is 42.5 Å². The number of rotatable bonds is 5. The number of hydrogen-bond acceptors (Lipinski definition) is 6. The zero-order valence-corrected chi connectivity index (χ0v) is 16.2. The minimum atomic E-state index is -0.478. The third kappa shape index (κ3) is 4.13. The van der Waals surface area contributed by atoms with Gasteiger partial charge in [-0.25, -0.2) is 0 Å². The molecule has 0 spiro atoms. The SMILES string of the molecule is CN(C)c1ccc(C=C2SC(=O)N(CC(=O)c3ccc(C#N)cc3)C2=O)cc1. The molecule has 0 aromatic heterocycles. The molecule has 3 rings (SSSR count). The maximum Gasteiger partial charge on any atom is 0.293 e. The van der Waals surface area contributed by atoms with E-state index in [2.05, 4.69) is 0 Å². The minimum absolute atomic E-state index is 0.287. The fraction of sp³-hybridized carbons (Fsp3) is 0.143. The number of nitrogens with zero attached hydrogens (tertiary/aromatic N) is 3. The highest BCUT2D eigenvalue weighted by atomic mass is 32.2. The first-order chi connectivity index (χ1) is 13.4. The van der Waals surface area contributed by atoms with Crippen LogP contribution in [0.15, 0.2) is 53.4 Å². The van der Waals surface area contributed by atoms with Gasteiger partial charge >= 0.3 is 0 Å². The summed E-state index contributed by atoms with van der Waals surface area (Å²) >= 11 is 0.823. The van der Waals surface area contributed by atoms with Gasteiger partial charge in [0.1, 0.15) is 0 Å². The smallest absolute Gasteiger partial charge is 0.293 e. The Hall–Kier alpha value is -3.37. The number of thioether (sulfide) groups is 1. The van der Waals surface area contributed by atoms with E-state index < -0.39 is 11.1 Å². The van der Waals surface area contributed by atoms with Gasteiger partial charge < -0.3 is 4.90 Å². The van der Waals surface area contributed by atoms with E-state index in [1.807, 2.05) is 49.3 Å². The zero-order chi connectivity index (χ0) is 20.3. The van der Waals surface area contributed by atoms with Crippen LogP contribution in [0.25, 0.3) is 6.08 Å². The van der Waals surface area contributed by atoms with Crippen LogP contribution < -0.4 is 4.90 Å². The molecule has 140 valence electrons. The highest BCUT2D eigenvalue weighted by Crippen LogP contribution is 2.32. The van der Waals surface area contributed by atoms with E-state index >= 15 is 0 Å². The summed E-state index contributed by atoms with van der Waals surface area (Å²) < 4.78 is 0. The lowest BCUT2D eigenvalue weighted by molar-refractivity contribution is -0.122. The van der Waals surface area contributed by atoms with Gasteiger partial charge in [0.25, 0.3) is 11.1 Å². The Morgan fingerprint density at radius 1 is 1.11 bits per heavy atom. The van der Waals surface area contributed by atoms with Crippen molar-refractivity contribution >= 4 is 40.5 Å². The fourth-order valence-corrected chi connectivity index (χ4v) is 3.46. The van der Waals surface area contributed by atoms with E-state index in [0.29, 0.717) is 11.1 Å². The summed E-state index contributed by atoms with van der Waals surface area (Å²) in [5.74, 6) is -0.836. The lowest BCUT2D eigenvalue weighted by atomic mass is 10.1. The summed E-state index contributed by atoms with van der Waals surface area (Å²) in [6.07, 6.45) is 1.65. The number of ketones is 1. The van der Waals surface area contributed by atoms with Crippen LogP contribution in [0.3, 0.4) is 0 Å². The monoisotopic (exact) mass is 391 g/mol. The van der Waals surface area contributed by atoms with Crippen LogP contribution in [-0.2, 0) is 4.79 Å². The average Bonchev–Trinajstić information content (AvgIpc) is 2.95. The van der Waals surface area contributed by atoms with Crippen molar-refractivity contribution in [2.24, 2.45) is 0 Å². The molecule has 0 bridgehead atoms. The molecule has 7 heteroatoms. The number of benzene rings is 2. The Morgan fingerprint density at radius 3 is 2.32 bits per heavy atom. The molecule has 0 saturated carbocycles. The number of nitriles is 1. The number of imide groups is 1. The summed E-state index contributed by atoms with van der Waals surface area (Å²) in [6.45, 7) is -0.326. The Balaban J connectivity index is 1.73. The second-order valence-corrected chi connectivity index (χ2v) is 7.36. The summed E-state index contributed by atoms with van der Waals surface area (Å²) in [6, 6.07) is 15.6. The number of anilines is 1. The van der Waals surface area contributed by atoms with E-state index in [9.17, 15) is 14.4 Å². The molecule has 1 saturated heterocycles. The van der Waals surface area contributed by atoms with E-state index in [1.165, 1.54) is 24.3 Å². The van der Waals surface area contributed by atoms with Gasteiger partial charge in [0.15, 0.2) is 5.78 Å². The Kier molecular flexibility index (Phi) is 5.62. The summed E-state index contributed by atoms with van der Waals surface area (Å²) in [5.41, 5.74) is 2.61. The quantitative estimate of drug-likeness (QED) is 0.573.